The predicted molar refractivity (Wildman–Crippen MR) is 61.3 cm³/mol. The Bertz CT molecular complexity index is 457. The molecule has 1 N–H and O–H groups in total. The molecule has 0 spiro atoms. The van der Waals surface area contributed by atoms with Crippen molar-refractivity contribution in [3.63, 3.8) is 0 Å². The summed E-state index contributed by atoms with van der Waals surface area (Å²) in [5, 5.41) is 9.15. The van der Waals surface area contributed by atoms with Crippen LogP contribution < -0.4 is 4.74 Å². The van der Waals surface area contributed by atoms with Gasteiger partial charge in [0.1, 0.15) is 18.1 Å². The van der Waals surface area contributed by atoms with E-state index in [2.05, 4.69) is 9.97 Å². The normalized spacial score (nSPS) is 10.4. The number of thiazole rings is 1. The summed E-state index contributed by atoms with van der Waals surface area (Å²) in [5.41, 5.74) is 3.21. The van der Waals surface area contributed by atoms with Crippen molar-refractivity contribution < 1.29 is 9.84 Å². The van der Waals surface area contributed by atoms with Gasteiger partial charge in [-0.1, -0.05) is 0 Å². The molecule has 2 aromatic heterocycles. The maximum Gasteiger partial charge on any atom is 0.143 e. The van der Waals surface area contributed by atoms with Gasteiger partial charge in [-0.2, -0.15) is 0 Å². The standard InChI is InChI=1S/C11H12N2O2S/c1-8-2-3-11(10(5-14)13-8)15-6-9-4-12-7-16-9/h2-4,7,14H,5-6H2,1H3. The third-order valence-electron chi connectivity index (χ3n) is 2.07. The summed E-state index contributed by atoms with van der Waals surface area (Å²) in [6.45, 7) is 2.23. The first-order valence-corrected chi connectivity index (χ1v) is 5.75. The molecule has 0 fully saturated rings. The van der Waals surface area contributed by atoms with Gasteiger partial charge in [-0.25, -0.2) is 0 Å². The highest BCUT2D eigenvalue weighted by molar-refractivity contribution is 7.09. The predicted octanol–water partition coefficient (Wildman–Crippen LogP) is 1.92. The van der Waals surface area contributed by atoms with Crippen molar-refractivity contribution in [1.29, 1.82) is 0 Å². The molecule has 2 heterocycles. The third-order valence-corrected chi connectivity index (χ3v) is 2.83. The SMILES string of the molecule is Cc1ccc(OCc2cncs2)c(CO)n1. The highest BCUT2D eigenvalue weighted by atomic mass is 32.1. The van der Waals surface area contributed by atoms with Crippen LogP contribution in [0.15, 0.2) is 23.8 Å². The number of rotatable bonds is 4. The Labute approximate surface area is 97.6 Å². The molecular formula is C11H12N2O2S. The average molecular weight is 236 g/mol. The maximum atomic E-state index is 9.15. The van der Waals surface area contributed by atoms with Gasteiger partial charge in [0.2, 0.25) is 0 Å². The number of pyridine rings is 1. The van der Waals surface area contributed by atoms with E-state index in [1.165, 1.54) is 11.3 Å². The molecule has 0 bridgehead atoms. The van der Waals surface area contributed by atoms with Gasteiger partial charge in [-0.05, 0) is 19.1 Å². The van der Waals surface area contributed by atoms with E-state index >= 15 is 0 Å². The zero-order chi connectivity index (χ0) is 11.4. The molecule has 0 radical (unpaired) electrons. The molecule has 16 heavy (non-hydrogen) atoms. The van der Waals surface area contributed by atoms with Gasteiger partial charge >= 0.3 is 0 Å². The lowest BCUT2D eigenvalue weighted by atomic mass is 10.3. The monoisotopic (exact) mass is 236 g/mol. The van der Waals surface area contributed by atoms with E-state index in [0.29, 0.717) is 18.1 Å². The molecule has 2 rings (SSSR count). The zero-order valence-corrected chi connectivity index (χ0v) is 9.70. The maximum absolute atomic E-state index is 9.15. The van der Waals surface area contributed by atoms with Crippen molar-refractivity contribution in [3.8, 4) is 5.75 Å². The van der Waals surface area contributed by atoms with E-state index in [-0.39, 0.29) is 6.61 Å². The molecular weight excluding hydrogens is 224 g/mol. The van der Waals surface area contributed by atoms with Crippen LogP contribution >= 0.6 is 11.3 Å². The van der Waals surface area contributed by atoms with Crippen LogP contribution in [0.1, 0.15) is 16.3 Å². The summed E-state index contributed by atoms with van der Waals surface area (Å²) >= 11 is 1.54. The van der Waals surface area contributed by atoms with Crippen LogP contribution in [-0.2, 0) is 13.2 Å². The summed E-state index contributed by atoms with van der Waals surface area (Å²) in [4.78, 5) is 9.21. The van der Waals surface area contributed by atoms with Gasteiger partial charge in [0.15, 0.2) is 0 Å². The zero-order valence-electron chi connectivity index (χ0n) is 8.88. The second kappa shape index (κ2) is 5.05. The first-order chi connectivity index (χ1) is 7.79. The topological polar surface area (TPSA) is 55.2 Å². The Morgan fingerprint density at radius 1 is 1.44 bits per heavy atom. The van der Waals surface area contributed by atoms with Gasteiger partial charge in [0, 0.05) is 11.9 Å². The second-order valence-corrected chi connectivity index (χ2v) is 4.28. The van der Waals surface area contributed by atoms with E-state index in [0.717, 1.165) is 10.6 Å². The Morgan fingerprint density at radius 3 is 3.00 bits per heavy atom. The molecule has 84 valence electrons. The fraction of sp³-hybridized carbons (Fsp3) is 0.273. The van der Waals surface area contributed by atoms with Crippen LogP contribution in [0, 0.1) is 6.92 Å². The lowest BCUT2D eigenvalue weighted by Gasteiger charge is -2.08. The molecule has 0 atom stereocenters. The van der Waals surface area contributed by atoms with Crippen molar-refractivity contribution in [2.24, 2.45) is 0 Å². The van der Waals surface area contributed by atoms with Gasteiger partial charge in [-0.15, -0.1) is 11.3 Å². The number of nitrogens with zero attached hydrogens (tertiary/aromatic N) is 2. The Balaban J connectivity index is 2.09. The van der Waals surface area contributed by atoms with Crippen LogP contribution in [-0.4, -0.2) is 15.1 Å². The fourth-order valence-electron chi connectivity index (χ4n) is 1.30. The highest BCUT2D eigenvalue weighted by Gasteiger charge is 2.05. The van der Waals surface area contributed by atoms with Gasteiger partial charge in [0.25, 0.3) is 0 Å². The molecule has 0 unspecified atom stereocenters. The van der Waals surface area contributed by atoms with Gasteiger partial charge < -0.3 is 9.84 Å². The summed E-state index contributed by atoms with van der Waals surface area (Å²) in [6.07, 6.45) is 1.77. The number of aromatic nitrogens is 2. The summed E-state index contributed by atoms with van der Waals surface area (Å²) in [7, 11) is 0. The Kier molecular flexibility index (Phi) is 3.48. The van der Waals surface area contributed by atoms with E-state index < -0.39 is 0 Å². The minimum absolute atomic E-state index is 0.111. The summed E-state index contributed by atoms with van der Waals surface area (Å²) in [6, 6.07) is 3.69. The Hall–Kier alpha value is -1.46. The van der Waals surface area contributed by atoms with Crippen LogP contribution in [0.4, 0.5) is 0 Å². The lowest BCUT2D eigenvalue weighted by Crippen LogP contribution is -2.00. The minimum Gasteiger partial charge on any atom is -0.486 e. The van der Waals surface area contributed by atoms with E-state index in [1.807, 2.05) is 19.1 Å². The molecule has 2 aromatic rings. The number of aliphatic hydroxyl groups excluding tert-OH is 1. The number of aryl methyl sites for hydroxylation is 1. The lowest BCUT2D eigenvalue weighted by molar-refractivity contribution is 0.254. The van der Waals surface area contributed by atoms with E-state index in [1.54, 1.807) is 11.7 Å². The minimum atomic E-state index is -0.111. The number of ether oxygens (including phenoxy) is 1. The molecule has 0 aromatic carbocycles. The van der Waals surface area contributed by atoms with Crippen LogP contribution in [0.25, 0.3) is 0 Å². The van der Waals surface area contributed by atoms with Crippen LogP contribution in [0.3, 0.4) is 0 Å². The summed E-state index contributed by atoms with van der Waals surface area (Å²) in [5.74, 6) is 0.626. The molecule has 0 saturated carbocycles. The first kappa shape index (κ1) is 11.0. The number of hydrogen-bond acceptors (Lipinski definition) is 5. The third kappa shape index (κ3) is 2.56. The summed E-state index contributed by atoms with van der Waals surface area (Å²) < 4.78 is 5.58. The quantitative estimate of drug-likeness (QED) is 0.881. The first-order valence-electron chi connectivity index (χ1n) is 4.87. The van der Waals surface area contributed by atoms with Gasteiger partial charge in [0.05, 0.1) is 17.0 Å². The van der Waals surface area contributed by atoms with Crippen LogP contribution in [0.5, 0.6) is 5.75 Å². The number of aliphatic hydroxyl groups is 1. The van der Waals surface area contributed by atoms with Gasteiger partial charge in [-0.3, -0.25) is 9.97 Å². The van der Waals surface area contributed by atoms with E-state index in [4.69, 9.17) is 9.84 Å². The highest BCUT2D eigenvalue weighted by Crippen LogP contribution is 2.19. The Morgan fingerprint density at radius 2 is 2.31 bits per heavy atom. The van der Waals surface area contributed by atoms with Crippen molar-refractivity contribution in [1.82, 2.24) is 9.97 Å². The fourth-order valence-corrected chi connectivity index (χ4v) is 1.81. The second-order valence-electron chi connectivity index (χ2n) is 3.31. The smallest absolute Gasteiger partial charge is 0.143 e. The van der Waals surface area contributed by atoms with Crippen molar-refractivity contribution in [3.05, 3.63) is 40.1 Å². The van der Waals surface area contributed by atoms with Crippen molar-refractivity contribution in [2.75, 3.05) is 0 Å². The molecule has 5 heteroatoms. The molecule has 4 nitrogen and oxygen atoms in total. The molecule has 0 saturated heterocycles. The average Bonchev–Trinajstić information content (AvgIpc) is 2.80. The van der Waals surface area contributed by atoms with Crippen molar-refractivity contribution in [2.45, 2.75) is 20.1 Å². The molecule has 0 aliphatic carbocycles. The molecule has 0 aliphatic rings. The molecule has 0 aliphatic heterocycles. The van der Waals surface area contributed by atoms with E-state index in [9.17, 15) is 0 Å². The number of hydrogen-bond donors (Lipinski definition) is 1. The largest absolute Gasteiger partial charge is 0.486 e. The molecule has 0 amide bonds. The van der Waals surface area contributed by atoms with Crippen molar-refractivity contribution >= 4 is 11.3 Å². The van der Waals surface area contributed by atoms with Crippen LogP contribution in [0.2, 0.25) is 0 Å².